The maximum Gasteiger partial charge on any atom is 0.290 e. The zero-order chi connectivity index (χ0) is 14.7. The van der Waals surface area contributed by atoms with E-state index in [1.165, 1.54) is 7.11 Å². The molecule has 20 heavy (non-hydrogen) atoms. The van der Waals surface area contributed by atoms with Crippen LogP contribution >= 0.6 is 0 Å². The maximum atomic E-state index is 12.4. The van der Waals surface area contributed by atoms with E-state index in [2.05, 4.69) is 5.32 Å². The van der Waals surface area contributed by atoms with Crippen molar-refractivity contribution in [3.05, 3.63) is 17.9 Å². The number of hydrogen-bond donors (Lipinski definition) is 1. The summed E-state index contributed by atoms with van der Waals surface area (Å²) in [5.41, 5.74) is 0. The smallest absolute Gasteiger partial charge is 0.290 e. The molecule has 0 bridgehead atoms. The molecule has 1 saturated heterocycles. The van der Waals surface area contributed by atoms with Crippen LogP contribution in [0.25, 0.3) is 0 Å². The molecule has 6 heteroatoms. The average molecular weight is 280 g/mol. The molecule has 6 nitrogen and oxygen atoms in total. The number of rotatable bonds is 5. The molecule has 110 valence electrons. The first kappa shape index (κ1) is 14.4. The minimum Gasteiger partial charge on any atom is -0.468 e. The molecule has 0 aromatic carbocycles. The second kappa shape index (κ2) is 5.98. The Morgan fingerprint density at radius 2 is 2.30 bits per heavy atom. The lowest BCUT2D eigenvalue weighted by atomic mass is 10.2. The number of hydrogen-bond acceptors (Lipinski definition) is 4. The minimum atomic E-state index is -0.190. The Labute approximate surface area is 118 Å². The third kappa shape index (κ3) is 3.12. The average Bonchev–Trinajstić information content (AvgIpc) is 3.03. The van der Waals surface area contributed by atoms with Crippen LogP contribution in [-0.4, -0.2) is 42.5 Å². The van der Waals surface area contributed by atoms with Crippen molar-refractivity contribution < 1.29 is 18.7 Å². The molecule has 0 radical (unpaired) electrons. The van der Waals surface area contributed by atoms with E-state index in [0.29, 0.717) is 18.9 Å². The van der Waals surface area contributed by atoms with Gasteiger partial charge in [0.1, 0.15) is 0 Å². The number of furan rings is 1. The van der Waals surface area contributed by atoms with E-state index in [4.69, 9.17) is 9.15 Å². The van der Waals surface area contributed by atoms with Crippen LogP contribution in [0.2, 0.25) is 0 Å². The van der Waals surface area contributed by atoms with E-state index in [-0.39, 0.29) is 29.7 Å². The summed E-state index contributed by atoms with van der Waals surface area (Å²) >= 11 is 0. The van der Waals surface area contributed by atoms with Gasteiger partial charge < -0.3 is 19.4 Å². The molecule has 0 saturated carbocycles. The summed E-state index contributed by atoms with van der Waals surface area (Å²) in [7, 11) is 1.49. The van der Waals surface area contributed by atoms with Crippen LogP contribution in [0, 0.1) is 0 Å². The van der Waals surface area contributed by atoms with Crippen molar-refractivity contribution >= 4 is 11.8 Å². The summed E-state index contributed by atoms with van der Waals surface area (Å²) in [6, 6.07) is 3.26. The highest BCUT2D eigenvalue weighted by atomic mass is 16.6. The molecule has 1 aliphatic rings. The number of methoxy groups -OCH3 is 1. The van der Waals surface area contributed by atoms with Crippen molar-refractivity contribution in [2.24, 2.45) is 0 Å². The summed E-state index contributed by atoms with van der Waals surface area (Å²) in [4.78, 5) is 25.4. The SMILES string of the molecule is COc1ccc(C(=O)N(CC2CCC(=O)N2)C(C)C)o1. The highest BCUT2D eigenvalue weighted by Crippen LogP contribution is 2.19. The fraction of sp³-hybridized carbons (Fsp3) is 0.571. The quantitative estimate of drug-likeness (QED) is 0.885. The molecule has 0 aliphatic carbocycles. The van der Waals surface area contributed by atoms with Crippen LogP contribution in [-0.2, 0) is 4.79 Å². The summed E-state index contributed by atoms with van der Waals surface area (Å²) in [6.45, 7) is 4.37. The Morgan fingerprint density at radius 1 is 1.55 bits per heavy atom. The van der Waals surface area contributed by atoms with Gasteiger partial charge in [-0.2, -0.15) is 0 Å². The van der Waals surface area contributed by atoms with Gasteiger partial charge in [0.25, 0.3) is 11.9 Å². The van der Waals surface area contributed by atoms with Crippen molar-refractivity contribution in [1.29, 1.82) is 0 Å². The molecule has 1 atom stereocenters. The molecule has 0 spiro atoms. The third-order valence-electron chi connectivity index (χ3n) is 3.38. The van der Waals surface area contributed by atoms with Crippen molar-refractivity contribution in [2.75, 3.05) is 13.7 Å². The van der Waals surface area contributed by atoms with Gasteiger partial charge in [-0.1, -0.05) is 0 Å². The maximum absolute atomic E-state index is 12.4. The first-order valence-corrected chi connectivity index (χ1v) is 6.75. The van der Waals surface area contributed by atoms with E-state index in [0.717, 1.165) is 6.42 Å². The lowest BCUT2D eigenvalue weighted by Gasteiger charge is -2.28. The first-order chi connectivity index (χ1) is 9.51. The van der Waals surface area contributed by atoms with Gasteiger partial charge in [-0.15, -0.1) is 0 Å². The Balaban J connectivity index is 2.07. The molecule has 1 N–H and O–H groups in total. The highest BCUT2D eigenvalue weighted by molar-refractivity contribution is 5.92. The van der Waals surface area contributed by atoms with Crippen molar-refractivity contribution in [1.82, 2.24) is 10.2 Å². The fourth-order valence-electron chi connectivity index (χ4n) is 2.27. The zero-order valence-electron chi connectivity index (χ0n) is 12.0. The third-order valence-corrected chi connectivity index (χ3v) is 3.38. The number of nitrogens with one attached hydrogen (secondary N) is 1. The monoisotopic (exact) mass is 280 g/mol. The number of nitrogens with zero attached hydrogens (tertiary/aromatic N) is 1. The Bertz CT molecular complexity index is 495. The van der Waals surface area contributed by atoms with Gasteiger partial charge in [-0.05, 0) is 26.3 Å². The summed E-state index contributed by atoms with van der Waals surface area (Å²) < 4.78 is 10.2. The molecule has 1 aromatic rings. The van der Waals surface area contributed by atoms with E-state index in [9.17, 15) is 9.59 Å². The zero-order valence-corrected chi connectivity index (χ0v) is 12.0. The lowest BCUT2D eigenvalue weighted by Crippen LogP contribution is -2.45. The van der Waals surface area contributed by atoms with Gasteiger partial charge in [-0.25, -0.2) is 0 Å². The predicted molar refractivity (Wildman–Crippen MR) is 72.6 cm³/mol. The predicted octanol–water partition coefficient (Wildman–Crippen LogP) is 1.42. The standard InChI is InChI=1S/C14H20N2O4/c1-9(2)16(8-10-4-6-12(17)15-10)14(18)11-5-7-13(19-3)20-11/h5,7,9-10H,4,6,8H2,1-3H3,(H,15,17). The van der Waals surface area contributed by atoms with Crippen molar-refractivity contribution in [3.8, 4) is 5.95 Å². The summed E-state index contributed by atoms with van der Waals surface area (Å²) in [5, 5.41) is 2.87. The van der Waals surface area contributed by atoms with Gasteiger partial charge >= 0.3 is 0 Å². The summed E-state index contributed by atoms with van der Waals surface area (Å²) in [6.07, 6.45) is 1.29. The molecular weight excluding hydrogens is 260 g/mol. The largest absolute Gasteiger partial charge is 0.468 e. The van der Waals surface area contributed by atoms with Gasteiger partial charge in [0.05, 0.1) is 7.11 Å². The van der Waals surface area contributed by atoms with E-state index in [1.807, 2.05) is 13.8 Å². The fourth-order valence-corrected chi connectivity index (χ4v) is 2.27. The molecule has 1 unspecified atom stereocenters. The second-order valence-electron chi connectivity index (χ2n) is 5.18. The molecule has 1 aromatic heterocycles. The normalized spacial score (nSPS) is 18.2. The molecule has 1 aliphatic heterocycles. The van der Waals surface area contributed by atoms with Crippen LogP contribution < -0.4 is 10.1 Å². The first-order valence-electron chi connectivity index (χ1n) is 6.75. The van der Waals surface area contributed by atoms with E-state index in [1.54, 1.807) is 17.0 Å². The van der Waals surface area contributed by atoms with Gasteiger partial charge in [0.2, 0.25) is 5.91 Å². The molecule has 2 heterocycles. The Morgan fingerprint density at radius 3 is 2.80 bits per heavy atom. The number of ether oxygens (including phenoxy) is 1. The van der Waals surface area contributed by atoms with Gasteiger partial charge in [0, 0.05) is 31.1 Å². The van der Waals surface area contributed by atoms with Crippen molar-refractivity contribution in [2.45, 2.75) is 38.8 Å². The van der Waals surface area contributed by atoms with Crippen LogP contribution in [0.4, 0.5) is 0 Å². The van der Waals surface area contributed by atoms with E-state index < -0.39 is 0 Å². The lowest BCUT2D eigenvalue weighted by molar-refractivity contribution is -0.119. The highest BCUT2D eigenvalue weighted by Gasteiger charge is 2.28. The second-order valence-corrected chi connectivity index (χ2v) is 5.18. The minimum absolute atomic E-state index is 0.0192. The molecule has 2 rings (SSSR count). The summed E-state index contributed by atoms with van der Waals surface area (Å²) in [5.74, 6) is 0.418. The van der Waals surface area contributed by atoms with Crippen LogP contribution in [0.15, 0.2) is 16.5 Å². The molecule has 1 fully saturated rings. The van der Waals surface area contributed by atoms with Crippen LogP contribution in [0.1, 0.15) is 37.2 Å². The van der Waals surface area contributed by atoms with Crippen LogP contribution in [0.5, 0.6) is 5.95 Å². The number of carbonyl (C=O) groups excluding carboxylic acids is 2. The Hall–Kier alpha value is -1.98. The molecule has 2 amide bonds. The van der Waals surface area contributed by atoms with Crippen LogP contribution in [0.3, 0.4) is 0 Å². The van der Waals surface area contributed by atoms with Crippen molar-refractivity contribution in [3.63, 3.8) is 0 Å². The number of carbonyl (C=O) groups is 2. The molecular formula is C14H20N2O4. The Kier molecular flexibility index (Phi) is 4.32. The topological polar surface area (TPSA) is 71.8 Å². The van der Waals surface area contributed by atoms with Gasteiger partial charge in [-0.3, -0.25) is 9.59 Å². The number of amides is 2. The van der Waals surface area contributed by atoms with E-state index >= 15 is 0 Å². The van der Waals surface area contributed by atoms with Gasteiger partial charge in [0.15, 0.2) is 5.76 Å².